The van der Waals surface area contributed by atoms with Crippen molar-refractivity contribution in [3.05, 3.63) is 86.9 Å². The van der Waals surface area contributed by atoms with Crippen molar-refractivity contribution < 1.29 is 4.79 Å². The molecule has 0 saturated carbocycles. The van der Waals surface area contributed by atoms with Gasteiger partial charge in [0, 0.05) is 33.6 Å². The minimum Gasteiger partial charge on any atom is -0.298 e. The van der Waals surface area contributed by atoms with Gasteiger partial charge in [0.1, 0.15) is 0 Å². The van der Waals surface area contributed by atoms with Gasteiger partial charge in [-0.15, -0.1) is 11.3 Å². The van der Waals surface area contributed by atoms with Crippen LogP contribution in [0.1, 0.15) is 16.0 Å². The van der Waals surface area contributed by atoms with Crippen LogP contribution in [0.4, 0.5) is 5.13 Å². The molecular formula is C19H14Cl2N2OS. The van der Waals surface area contributed by atoms with Crippen LogP contribution in [-0.2, 0) is 11.2 Å². The average Bonchev–Trinajstić information content (AvgIpc) is 3.03. The molecule has 3 aromatic rings. The van der Waals surface area contributed by atoms with E-state index in [0.29, 0.717) is 15.2 Å². The normalized spacial score (nSPS) is 11.0. The third-order valence-corrected chi connectivity index (χ3v) is 4.79. The summed E-state index contributed by atoms with van der Waals surface area (Å²) in [4.78, 5) is 17.3. The lowest BCUT2D eigenvalue weighted by Crippen LogP contribution is -2.07. The van der Waals surface area contributed by atoms with Crippen molar-refractivity contribution in [2.45, 2.75) is 6.42 Å². The third-order valence-electron chi connectivity index (χ3n) is 3.37. The molecule has 2 aromatic carbocycles. The van der Waals surface area contributed by atoms with Crippen molar-refractivity contribution in [1.29, 1.82) is 0 Å². The van der Waals surface area contributed by atoms with Crippen LogP contribution in [0.2, 0.25) is 10.0 Å². The van der Waals surface area contributed by atoms with Gasteiger partial charge in [-0.2, -0.15) is 0 Å². The van der Waals surface area contributed by atoms with Gasteiger partial charge in [0.15, 0.2) is 5.13 Å². The van der Waals surface area contributed by atoms with E-state index in [2.05, 4.69) is 10.3 Å². The van der Waals surface area contributed by atoms with Crippen molar-refractivity contribution in [2.24, 2.45) is 0 Å². The molecule has 0 radical (unpaired) electrons. The average molecular weight is 389 g/mol. The molecule has 0 bridgehead atoms. The number of hydrogen-bond donors (Lipinski definition) is 1. The molecule has 25 heavy (non-hydrogen) atoms. The zero-order chi connectivity index (χ0) is 17.6. The Morgan fingerprint density at radius 1 is 1.04 bits per heavy atom. The van der Waals surface area contributed by atoms with E-state index in [1.165, 1.54) is 17.4 Å². The number of carbonyl (C=O) groups excluding carboxylic acids is 1. The molecule has 3 nitrogen and oxygen atoms in total. The van der Waals surface area contributed by atoms with Crippen LogP contribution in [0.3, 0.4) is 0 Å². The highest BCUT2D eigenvalue weighted by molar-refractivity contribution is 7.15. The van der Waals surface area contributed by atoms with Crippen molar-refractivity contribution in [3.8, 4) is 0 Å². The van der Waals surface area contributed by atoms with Gasteiger partial charge in [0.05, 0.1) is 0 Å². The summed E-state index contributed by atoms with van der Waals surface area (Å²) in [5.41, 5.74) is 2.05. The van der Waals surface area contributed by atoms with E-state index in [9.17, 15) is 4.79 Å². The van der Waals surface area contributed by atoms with Gasteiger partial charge in [-0.25, -0.2) is 4.98 Å². The standard InChI is InChI=1S/C19H14Cl2N2OS/c20-15-6-1-13(2-7-15)5-10-18(24)23-19-22-12-17(25-19)11-14-3-8-16(21)9-4-14/h1-10,12H,11H2,(H,22,23,24)/b10-5+. The highest BCUT2D eigenvalue weighted by Crippen LogP contribution is 2.22. The summed E-state index contributed by atoms with van der Waals surface area (Å²) in [6.07, 6.45) is 5.74. The first kappa shape index (κ1) is 17.7. The first-order valence-corrected chi connectivity index (χ1v) is 9.09. The second-order valence-electron chi connectivity index (χ2n) is 5.31. The molecule has 6 heteroatoms. The maximum Gasteiger partial charge on any atom is 0.250 e. The summed E-state index contributed by atoms with van der Waals surface area (Å²) in [7, 11) is 0. The van der Waals surface area contributed by atoms with Gasteiger partial charge in [-0.1, -0.05) is 47.5 Å². The molecule has 0 aliphatic carbocycles. The fourth-order valence-electron chi connectivity index (χ4n) is 2.14. The Morgan fingerprint density at radius 2 is 1.68 bits per heavy atom. The first-order valence-electron chi connectivity index (χ1n) is 7.52. The second-order valence-corrected chi connectivity index (χ2v) is 7.30. The summed E-state index contributed by atoms with van der Waals surface area (Å²) >= 11 is 13.2. The minimum atomic E-state index is -0.220. The largest absolute Gasteiger partial charge is 0.298 e. The minimum absolute atomic E-state index is 0.220. The molecule has 0 saturated heterocycles. The number of amides is 1. The number of halogens is 2. The van der Waals surface area contributed by atoms with E-state index in [0.717, 1.165) is 22.4 Å². The predicted molar refractivity (Wildman–Crippen MR) is 105 cm³/mol. The number of carbonyl (C=O) groups is 1. The first-order chi connectivity index (χ1) is 12.1. The van der Waals surface area contributed by atoms with Crippen molar-refractivity contribution >= 4 is 51.7 Å². The molecule has 0 spiro atoms. The highest BCUT2D eigenvalue weighted by atomic mass is 35.5. The quantitative estimate of drug-likeness (QED) is 0.570. The molecule has 1 heterocycles. The van der Waals surface area contributed by atoms with Crippen molar-refractivity contribution in [1.82, 2.24) is 4.98 Å². The summed E-state index contributed by atoms with van der Waals surface area (Å²) in [5.74, 6) is -0.220. The molecule has 1 N–H and O–H groups in total. The van der Waals surface area contributed by atoms with Gasteiger partial charge < -0.3 is 0 Å². The Labute approximate surface area is 159 Å². The predicted octanol–water partition coefficient (Wildman–Crippen LogP) is 5.69. The van der Waals surface area contributed by atoms with E-state index in [1.807, 2.05) is 36.4 Å². The Balaban J connectivity index is 1.57. The molecule has 0 aliphatic rings. The van der Waals surface area contributed by atoms with E-state index in [-0.39, 0.29) is 5.91 Å². The molecule has 1 aromatic heterocycles. The topological polar surface area (TPSA) is 42.0 Å². The molecule has 0 aliphatic heterocycles. The molecular weight excluding hydrogens is 375 g/mol. The highest BCUT2D eigenvalue weighted by Gasteiger charge is 2.05. The van der Waals surface area contributed by atoms with Crippen molar-refractivity contribution in [2.75, 3.05) is 5.32 Å². The fraction of sp³-hybridized carbons (Fsp3) is 0.0526. The summed E-state index contributed by atoms with van der Waals surface area (Å²) < 4.78 is 0. The van der Waals surface area contributed by atoms with Gasteiger partial charge in [0.2, 0.25) is 5.91 Å². The van der Waals surface area contributed by atoms with Crippen molar-refractivity contribution in [3.63, 3.8) is 0 Å². The summed E-state index contributed by atoms with van der Waals surface area (Å²) in [6, 6.07) is 14.9. The van der Waals surface area contributed by atoms with Gasteiger partial charge in [-0.05, 0) is 41.5 Å². The van der Waals surface area contributed by atoms with Crippen LogP contribution in [0.5, 0.6) is 0 Å². The lowest BCUT2D eigenvalue weighted by atomic mass is 10.1. The SMILES string of the molecule is O=C(/C=C/c1ccc(Cl)cc1)Nc1ncc(Cc2ccc(Cl)cc2)s1. The third kappa shape index (κ3) is 5.43. The van der Waals surface area contributed by atoms with E-state index in [4.69, 9.17) is 23.2 Å². The number of anilines is 1. The maximum atomic E-state index is 12.0. The van der Waals surface area contributed by atoms with Crippen LogP contribution >= 0.6 is 34.5 Å². The van der Waals surface area contributed by atoms with Crippen LogP contribution < -0.4 is 5.32 Å². The number of rotatable bonds is 5. The number of thiazole rings is 1. The lowest BCUT2D eigenvalue weighted by molar-refractivity contribution is -0.111. The monoisotopic (exact) mass is 388 g/mol. The molecule has 126 valence electrons. The lowest BCUT2D eigenvalue weighted by Gasteiger charge is -1.98. The van der Waals surface area contributed by atoms with Gasteiger partial charge in [-0.3, -0.25) is 10.1 Å². The Kier molecular flexibility index (Phi) is 5.87. The second kappa shape index (κ2) is 8.30. The number of nitrogens with one attached hydrogen (secondary N) is 1. The van der Waals surface area contributed by atoms with E-state index < -0.39 is 0 Å². The van der Waals surface area contributed by atoms with Crippen LogP contribution in [-0.4, -0.2) is 10.9 Å². The molecule has 0 unspecified atom stereocenters. The molecule has 0 atom stereocenters. The van der Waals surface area contributed by atoms with Gasteiger partial charge in [0.25, 0.3) is 0 Å². The van der Waals surface area contributed by atoms with Crippen LogP contribution in [0.15, 0.2) is 60.8 Å². The van der Waals surface area contributed by atoms with E-state index in [1.54, 1.807) is 24.4 Å². The van der Waals surface area contributed by atoms with Gasteiger partial charge >= 0.3 is 0 Å². The Morgan fingerprint density at radius 3 is 2.36 bits per heavy atom. The molecule has 0 fully saturated rings. The maximum absolute atomic E-state index is 12.0. The Hall–Kier alpha value is -2.14. The zero-order valence-electron chi connectivity index (χ0n) is 13.1. The molecule has 3 rings (SSSR count). The fourth-order valence-corrected chi connectivity index (χ4v) is 3.24. The summed E-state index contributed by atoms with van der Waals surface area (Å²) in [5, 5.41) is 4.73. The summed E-state index contributed by atoms with van der Waals surface area (Å²) in [6.45, 7) is 0. The number of nitrogens with zero attached hydrogens (tertiary/aromatic N) is 1. The zero-order valence-corrected chi connectivity index (χ0v) is 15.4. The number of hydrogen-bond acceptors (Lipinski definition) is 3. The number of benzene rings is 2. The molecule has 1 amide bonds. The smallest absolute Gasteiger partial charge is 0.250 e. The van der Waals surface area contributed by atoms with Crippen LogP contribution in [0.25, 0.3) is 6.08 Å². The van der Waals surface area contributed by atoms with E-state index >= 15 is 0 Å². The Bertz CT molecular complexity index is 887. The number of aromatic nitrogens is 1. The van der Waals surface area contributed by atoms with Crippen LogP contribution in [0, 0.1) is 0 Å².